The van der Waals surface area contributed by atoms with Gasteiger partial charge in [0.15, 0.2) is 6.29 Å². The van der Waals surface area contributed by atoms with Crippen LogP contribution in [-0.2, 0) is 9.53 Å². The van der Waals surface area contributed by atoms with Gasteiger partial charge in [0.05, 0.1) is 5.92 Å². The van der Waals surface area contributed by atoms with E-state index >= 15 is 0 Å². The molecule has 0 aromatic rings. The smallest absolute Gasteiger partial charge is 0.311 e. The number of aliphatic hydroxyl groups is 1. The Bertz CT molecular complexity index is 193. The van der Waals surface area contributed by atoms with Crippen LogP contribution >= 0.6 is 0 Å². The highest BCUT2D eigenvalue weighted by atomic mass is 16.6. The Morgan fingerprint density at radius 1 is 1.17 bits per heavy atom. The molecule has 1 N–H and O–H groups in total. The van der Waals surface area contributed by atoms with Gasteiger partial charge in [-0.2, -0.15) is 0 Å². The van der Waals surface area contributed by atoms with Crippen molar-refractivity contribution >= 4 is 5.97 Å². The van der Waals surface area contributed by atoms with Crippen molar-refractivity contribution in [1.29, 1.82) is 0 Å². The van der Waals surface area contributed by atoms with Gasteiger partial charge in [0.1, 0.15) is 0 Å². The molecule has 0 aliphatic heterocycles. The maximum atomic E-state index is 11.5. The molecule has 110 valence electrons. The fourth-order valence-corrected chi connectivity index (χ4v) is 1.25. The first kappa shape index (κ1) is 19.7. The van der Waals surface area contributed by atoms with Gasteiger partial charge in [0, 0.05) is 6.42 Å². The van der Waals surface area contributed by atoms with Crippen molar-refractivity contribution in [3.63, 3.8) is 0 Å². The Kier molecular flexibility index (Phi) is 14.1. The van der Waals surface area contributed by atoms with Crippen molar-refractivity contribution in [3.8, 4) is 0 Å². The number of esters is 1. The van der Waals surface area contributed by atoms with E-state index < -0.39 is 6.29 Å². The van der Waals surface area contributed by atoms with Crippen LogP contribution in [-0.4, -0.2) is 43.4 Å². The third-order valence-corrected chi connectivity index (χ3v) is 2.33. The summed E-state index contributed by atoms with van der Waals surface area (Å²) >= 11 is 0. The highest BCUT2D eigenvalue weighted by molar-refractivity contribution is 5.72. The lowest BCUT2D eigenvalue weighted by Crippen LogP contribution is -2.23. The van der Waals surface area contributed by atoms with Crippen LogP contribution < -0.4 is 0 Å². The van der Waals surface area contributed by atoms with Gasteiger partial charge in [0.25, 0.3) is 0 Å². The Hall–Kier alpha value is -0.610. The number of aliphatic hydroxyl groups excluding tert-OH is 1. The largest absolute Gasteiger partial charge is 0.436 e. The van der Waals surface area contributed by atoms with Gasteiger partial charge in [-0.05, 0) is 34.0 Å². The van der Waals surface area contributed by atoms with Crippen molar-refractivity contribution < 1.29 is 14.6 Å². The normalized spacial score (nSPS) is 13.6. The molecule has 0 heterocycles. The van der Waals surface area contributed by atoms with Crippen molar-refractivity contribution in [2.24, 2.45) is 5.92 Å². The van der Waals surface area contributed by atoms with Crippen LogP contribution in [0.25, 0.3) is 0 Å². The van der Waals surface area contributed by atoms with Crippen molar-refractivity contribution in [2.45, 2.75) is 59.2 Å². The molecule has 0 aromatic carbocycles. The molecule has 0 bridgehead atoms. The molecule has 2 atom stereocenters. The first-order valence-corrected chi connectivity index (χ1v) is 6.88. The molecule has 0 aromatic heterocycles. The summed E-state index contributed by atoms with van der Waals surface area (Å²) in [6.07, 6.45) is 3.29. The number of ether oxygens (including phenoxy) is 1. The van der Waals surface area contributed by atoms with E-state index in [2.05, 4.69) is 6.92 Å². The van der Waals surface area contributed by atoms with E-state index in [1.54, 1.807) is 6.92 Å². The fourth-order valence-electron chi connectivity index (χ4n) is 1.25. The lowest BCUT2D eigenvalue weighted by Gasteiger charge is -2.16. The third-order valence-electron chi connectivity index (χ3n) is 2.33. The second kappa shape index (κ2) is 12.8. The summed E-state index contributed by atoms with van der Waals surface area (Å²) in [4.78, 5) is 13.5. The van der Waals surface area contributed by atoms with Crippen molar-refractivity contribution in [1.82, 2.24) is 4.90 Å². The van der Waals surface area contributed by atoms with Crippen LogP contribution in [0.2, 0.25) is 0 Å². The Morgan fingerprint density at radius 3 is 2.00 bits per heavy atom. The van der Waals surface area contributed by atoms with Crippen LogP contribution in [0.15, 0.2) is 0 Å². The zero-order chi connectivity index (χ0) is 14.6. The predicted molar refractivity (Wildman–Crippen MR) is 75.3 cm³/mol. The van der Waals surface area contributed by atoms with Crippen LogP contribution in [0.4, 0.5) is 0 Å². The van der Waals surface area contributed by atoms with Gasteiger partial charge < -0.3 is 14.7 Å². The maximum Gasteiger partial charge on any atom is 0.311 e. The van der Waals surface area contributed by atoms with Crippen LogP contribution in [0, 0.1) is 5.92 Å². The first-order valence-electron chi connectivity index (χ1n) is 6.88. The van der Waals surface area contributed by atoms with Crippen LogP contribution in [0.3, 0.4) is 0 Å². The number of carbonyl (C=O) groups excluding carboxylic acids is 1. The van der Waals surface area contributed by atoms with E-state index in [1.807, 2.05) is 33.0 Å². The zero-order valence-corrected chi connectivity index (χ0v) is 12.9. The molecule has 0 amide bonds. The van der Waals surface area contributed by atoms with Gasteiger partial charge >= 0.3 is 5.97 Å². The zero-order valence-electron chi connectivity index (χ0n) is 12.9. The van der Waals surface area contributed by atoms with Gasteiger partial charge in [-0.15, -0.1) is 0 Å². The van der Waals surface area contributed by atoms with E-state index in [0.29, 0.717) is 6.42 Å². The molecular weight excluding hydrogens is 230 g/mol. The van der Waals surface area contributed by atoms with Gasteiger partial charge in [0.2, 0.25) is 0 Å². The van der Waals surface area contributed by atoms with E-state index in [0.717, 1.165) is 25.7 Å². The monoisotopic (exact) mass is 261 g/mol. The van der Waals surface area contributed by atoms with E-state index in [9.17, 15) is 4.79 Å². The molecule has 4 heteroatoms. The minimum Gasteiger partial charge on any atom is -0.436 e. The number of carbonyl (C=O) groups is 1. The van der Waals surface area contributed by atoms with Crippen molar-refractivity contribution in [3.05, 3.63) is 0 Å². The SMILES string of the molecule is CCCCC(CC)C(=O)OC(O)CC.CN(C)C. The lowest BCUT2D eigenvalue weighted by molar-refractivity contribution is -0.173. The third kappa shape index (κ3) is 13.5. The van der Waals surface area contributed by atoms with Gasteiger partial charge in [-0.25, -0.2) is 0 Å². The molecule has 2 unspecified atom stereocenters. The molecule has 0 aliphatic rings. The number of rotatable bonds is 7. The molecular formula is C14H31NO3. The standard InChI is InChI=1S/C11H22O3.C3H9N/c1-4-7-8-9(5-2)11(13)14-10(12)6-3;1-4(2)3/h9-10,12H,4-8H2,1-3H3;1-3H3. The second-order valence-corrected chi connectivity index (χ2v) is 4.89. The molecule has 0 radical (unpaired) electrons. The van der Waals surface area contributed by atoms with Crippen molar-refractivity contribution in [2.75, 3.05) is 21.1 Å². The van der Waals surface area contributed by atoms with E-state index in [-0.39, 0.29) is 11.9 Å². The summed E-state index contributed by atoms with van der Waals surface area (Å²) in [7, 11) is 6.00. The molecule has 0 saturated heterocycles. The van der Waals surface area contributed by atoms with Crippen LogP contribution in [0.5, 0.6) is 0 Å². The summed E-state index contributed by atoms with van der Waals surface area (Å²) in [6.45, 7) is 5.85. The van der Waals surface area contributed by atoms with Gasteiger partial charge in [-0.1, -0.05) is 33.6 Å². The second-order valence-electron chi connectivity index (χ2n) is 4.89. The molecule has 0 fully saturated rings. The quantitative estimate of drug-likeness (QED) is 0.565. The topological polar surface area (TPSA) is 49.8 Å². The number of unbranched alkanes of at least 4 members (excludes halogenated alkanes) is 1. The first-order chi connectivity index (χ1) is 8.38. The molecule has 0 spiro atoms. The van der Waals surface area contributed by atoms with E-state index in [1.165, 1.54) is 0 Å². The predicted octanol–water partition coefficient (Wildman–Crippen LogP) is 2.65. The summed E-state index contributed by atoms with van der Waals surface area (Å²) in [5.41, 5.74) is 0. The maximum absolute atomic E-state index is 11.5. The average Bonchev–Trinajstić information content (AvgIpc) is 2.29. The van der Waals surface area contributed by atoms with Crippen LogP contribution in [0.1, 0.15) is 52.9 Å². The molecule has 0 aliphatic carbocycles. The number of hydrogen-bond acceptors (Lipinski definition) is 4. The highest BCUT2D eigenvalue weighted by Gasteiger charge is 2.19. The minimum absolute atomic E-state index is 0.0452. The molecule has 18 heavy (non-hydrogen) atoms. The van der Waals surface area contributed by atoms with E-state index in [4.69, 9.17) is 9.84 Å². The molecule has 0 saturated carbocycles. The Labute approximate surface area is 112 Å². The Balaban J connectivity index is 0. The van der Waals surface area contributed by atoms with Gasteiger partial charge in [-0.3, -0.25) is 4.79 Å². The molecule has 0 rings (SSSR count). The highest BCUT2D eigenvalue weighted by Crippen LogP contribution is 2.15. The summed E-state index contributed by atoms with van der Waals surface area (Å²) < 4.78 is 4.87. The summed E-state index contributed by atoms with van der Waals surface area (Å²) in [6, 6.07) is 0. The average molecular weight is 261 g/mol. The lowest BCUT2D eigenvalue weighted by atomic mass is 10.00. The number of hydrogen-bond donors (Lipinski definition) is 1. The Morgan fingerprint density at radius 2 is 1.67 bits per heavy atom. The fraction of sp³-hybridized carbons (Fsp3) is 0.929. The summed E-state index contributed by atoms with van der Waals surface area (Å²) in [5.74, 6) is -0.300. The minimum atomic E-state index is -0.932. The summed E-state index contributed by atoms with van der Waals surface area (Å²) in [5, 5.41) is 9.16. The molecule has 4 nitrogen and oxygen atoms in total. The number of nitrogens with zero attached hydrogens (tertiary/aromatic N) is 1.